The van der Waals surface area contributed by atoms with Gasteiger partial charge in [0.25, 0.3) is 0 Å². The molecule has 1 aromatic rings. The van der Waals surface area contributed by atoms with Crippen molar-refractivity contribution in [2.45, 2.75) is 39.3 Å². The van der Waals surface area contributed by atoms with Crippen molar-refractivity contribution in [3.05, 3.63) is 20.8 Å². The van der Waals surface area contributed by atoms with Gasteiger partial charge in [0.05, 0.1) is 6.54 Å². The van der Waals surface area contributed by atoms with E-state index in [9.17, 15) is 0 Å². The monoisotopic (exact) mass is 372 g/mol. The lowest BCUT2D eigenvalue weighted by Crippen LogP contribution is -2.44. The molecule has 1 aromatic heterocycles. The van der Waals surface area contributed by atoms with Gasteiger partial charge >= 0.3 is 0 Å². The van der Waals surface area contributed by atoms with Crippen molar-refractivity contribution in [2.24, 2.45) is 4.99 Å². The second-order valence-corrected chi connectivity index (χ2v) is 7.14. The van der Waals surface area contributed by atoms with E-state index in [4.69, 9.17) is 0 Å². The quantitative estimate of drug-likeness (QED) is 0.595. The van der Waals surface area contributed by atoms with E-state index in [0.717, 1.165) is 36.6 Å². The number of aliphatic imine (C=N–C) groups is 1. The van der Waals surface area contributed by atoms with E-state index in [-0.39, 0.29) is 0 Å². The molecular weight excluding hydrogens is 348 g/mol. The third kappa shape index (κ3) is 5.27. The van der Waals surface area contributed by atoms with E-state index < -0.39 is 0 Å². The summed E-state index contributed by atoms with van der Waals surface area (Å²) in [6.45, 7) is 9.33. The summed E-state index contributed by atoms with van der Waals surface area (Å²) in [5.41, 5.74) is 0. The molecule has 0 spiro atoms. The molecule has 1 saturated heterocycles. The number of thiophene rings is 1. The van der Waals surface area contributed by atoms with Crippen LogP contribution in [-0.4, -0.2) is 43.1 Å². The maximum atomic E-state index is 4.67. The summed E-state index contributed by atoms with van der Waals surface area (Å²) >= 11 is 5.22. The zero-order chi connectivity index (χ0) is 15.1. The zero-order valence-corrected chi connectivity index (χ0v) is 15.3. The Hall–Kier alpha value is -0.590. The summed E-state index contributed by atoms with van der Waals surface area (Å²) < 4.78 is 1.14. The number of likely N-dealkylation sites (tertiary alicyclic amines) is 1. The Morgan fingerprint density at radius 3 is 3.00 bits per heavy atom. The summed E-state index contributed by atoms with van der Waals surface area (Å²) in [5.74, 6) is 0.921. The third-order valence-electron chi connectivity index (χ3n) is 3.77. The zero-order valence-electron chi connectivity index (χ0n) is 12.9. The molecule has 0 aliphatic carbocycles. The highest BCUT2D eigenvalue weighted by molar-refractivity contribution is 9.10. The summed E-state index contributed by atoms with van der Waals surface area (Å²) in [5, 5.41) is 8.92. The second kappa shape index (κ2) is 8.76. The van der Waals surface area contributed by atoms with Gasteiger partial charge in [0.1, 0.15) is 0 Å². The van der Waals surface area contributed by atoms with Gasteiger partial charge in [-0.2, -0.15) is 0 Å². The highest BCUT2D eigenvalue weighted by Gasteiger charge is 2.22. The Kier molecular flexibility index (Phi) is 6.99. The molecule has 0 bridgehead atoms. The van der Waals surface area contributed by atoms with Crippen LogP contribution in [0.1, 0.15) is 31.6 Å². The fourth-order valence-corrected chi connectivity index (χ4v) is 4.07. The number of guanidine groups is 1. The van der Waals surface area contributed by atoms with Crippen LogP contribution in [0.3, 0.4) is 0 Å². The topological polar surface area (TPSA) is 39.7 Å². The van der Waals surface area contributed by atoms with E-state index in [1.165, 1.54) is 24.3 Å². The predicted octanol–water partition coefficient (Wildman–Crippen LogP) is 3.05. The lowest BCUT2D eigenvalue weighted by Gasteiger charge is -2.23. The lowest BCUT2D eigenvalue weighted by atomic mass is 10.2. The molecule has 0 aromatic carbocycles. The van der Waals surface area contributed by atoms with Crippen LogP contribution in [0, 0.1) is 0 Å². The van der Waals surface area contributed by atoms with Crippen molar-refractivity contribution in [1.82, 2.24) is 15.5 Å². The molecular formula is C15H25BrN4S. The van der Waals surface area contributed by atoms with E-state index in [1.807, 2.05) is 0 Å². The van der Waals surface area contributed by atoms with Crippen LogP contribution >= 0.6 is 27.3 Å². The molecule has 0 amide bonds. The maximum absolute atomic E-state index is 4.67. The molecule has 1 aliphatic rings. The fourth-order valence-electron chi connectivity index (χ4n) is 2.69. The van der Waals surface area contributed by atoms with Gasteiger partial charge in [-0.15, -0.1) is 11.3 Å². The van der Waals surface area contributed by atoms with Crippen LogP contribution in [0.2, 0.25) is 0 Å². The van der Waals surface area contributed by atoms with Gasteiger partial charge < -0.3 is 10.6 Å². The van der Waals surface area contributed by atoms with Crippen LogP contribution < -0.4 is 10.6 Å². The van der Waals surface area contributed by atoms with Crippen molar-refractivity contribution < 1.29 is 0 Å². The predicted molar refractivity (Wildman–Crippen MR) is 95.1 cm³/mol. The first-order valence-electron chi connectivity index (χ1n) is 7.72. The summed E-state index contributed by atoms with van der Waals surface area (Å²) in [4.78, 5) is 8.50. The third-order valence-corrected chi connectivity index (χ3v) is 5.45. The molecule has 1 aliphatic heterocycles. The molecule has 1 atom stereocenters. The average Bonchev–Trinajstić information content (AvgIpc) is 3.10. The number of hydrogen-bond donors (Lipinski definition) is 2. The molecule has 2 N–H and O–H groups in total. The number of halogens is 1. The SMILES string of the molecule is CCNC(=NCc1cc(Br)cs1)NCC1CCCN1CC. The summed E-state index contributed by atoms with van der Waals surface area (Å²) in [6.07, 6.45) is 2.61. The van der Waals surface area contributed by atoms with Crippen molar-refractivity contribution in [3.8, 4) is 0 Å². The molecule has 118 valence electrons. The minimum absolute atomic E-state index is 0.648. The van der Waals surface area contributed by atoms with Gasteiger partial charge in [-0.05, 0) is 54.9 Å². The fraction of sp³-hybridized carbons (Fsp3) is 0.667. The van der Waals surface area contributed by atoms with E-state index in [2.05, 4.69) is 61.7 Å². The number of rotatable bonds is 6. The number of nitrogens with zero attached hydrogens (tertiary/aromatic N) is 2. The largest absolute Gasteiger partial charge is 0.357 e. The molecule has 4 nitrogen and oxygen atoms in total. The van der Waals surface area contributed by atoms with Crippen molar-refractivity contribution in [3.63, 3.8) is 0 Å². The highest BCUT2D eigenvalue weighted by Crippen LogP contribution is 2.20. The Morgan fingerprint density at radius 2 is 2.33 bits per heavy atom. The average molecular weight is 373 g/mol. The second-order valence-electron chi connectivity index (χ2n) is 5.23. The van der Waals surface area contributed by atoms with Crippen LogP contribution in [0.4, 0.5) is 0 Å². The van der Waals surface area contributed by atoms with Gasteiger partial charge in [0.15, 0.2) is 5.96 Å². The Morgan fingerprint density at radius 1 is 1.48 bits per heavy atom. The molecule has 21 heavy (non-hydrogen) atoms. The first kappa shape index (κ1) is 16.8. The molecule has 0 radical (unpaired) electrons. The van der Waals surface area contributed by atoms with Gasteiger partial charge in [-0.25, -0.2) is 4.99 Å². The molecule has 0 saturated carbocycles. The molecule has 2 rings (SSSR count). The standard InChI is InChI=1S/C15H25BrN4S/c1-3-17-15(19-10-14-8-12(16)11-21-14)18-9-13-6-5-7-20(13)4-2/h8,11,13H,3-7,9-10H2,1-2H3,(H2,17,18,19). The summed E-state index contributed by atoms with van der Waals surface area (Å²) in [6, 6.07) is 2.78. The molecule has 6 heteroatoms. The van der Waals surface area contributed by atoms with E-state index in [0.29, 0.717) is 6.04 Å². The normalized spacial score (nSPS) is 20.0. The summed E-state index contributed by atoms with van der Waals surface area (Å²) in [7, 11) is 0. The van der Waals surface area contributed by atoms with Gasteiger partial charge in [-0.1, -0.05) is 6.92 Å². The van der Waals surface area contributed by atoms with Crippen LogP contribution in [0.25, 0.3) is 0 Å². The van der Waals surface area contributed by atoms with Crippen molar-refractivity contribution in [2.75, 3.05) is 26.2 Å². The molecule has 1 fully saturated rings. The van der Waals surface area contributed by atoms with Crippen molar-refractivity contribution >= 4 is 33.2 Å². The first-order chi connectivity index (χ1) is 10.2. The van der Waals surface area contributed by atoms with E-state index >= 15 is 0 Å². The Bertz CT molecular complexity index is 460. The first-order valence-corrected chi connectivity index (χ1v) is 9.39. The maximum Gasteiger partial charge on any atom is 0.191 e. The minimum Gasteiger partial charge on any atom is -0.357 e. The van der Waals surface area contributed by atoms with E-state index in [1.54, 1.807) is 11.3 Å². The van der Waals surface area contributed by atoms with Gasteiger partial charge in [0, 0.05) is 33.9 Å². The molecule has 1 unspecified atom stereocenters. The smallest absolute Gasteiger partial charge is 0.191 e. The van der Waals surface area contributed by atoms with Gasteiger partial charge in [0.2, 0.25) is 0 Å². The van der Waals surface area contributed by atoms with Crippen LogP contribution in [0.5, 0.6) is 0 Å². The van der Waals surface area contributed by atoms with Crippen LogP contribution in [-0.2, 0) is 6.54 Å². The number of likely N-dealkylation sites (N-methyl/N-ethyl adjacent to an activating group) is 1. The Balaban J connectivity index is 1.86. The highest BCUT2D eigenvalue weighted by atomic mass is 79.9. The van der Waals surface area contributed by atoms with Gasteiger partial charge in [-0.3, -0.25) is 4.90 Å². The van der Waals surface area contributed by atoms with Crippen molar-refractivity contribution in [1.29, 1.82) is 0 Å². The minimum atomic E-state index is 0.648. The molecule has 2 heterocycles. The van der Waals surface area contributed by atoms with Crippen LogP contribution in [0.15, 0.2) is 20.9 Å². The Labute approximate surface area is 140 Å². The lowest BCUT2D eigenvalue weighted by molar-refractivity contribution is 0.267. The number of hydrogen-bond acceptors (Lipinski definition) is 3. The number of nitrogens with one attached hydrogen (secondary N) is 2.